The summed E-state index contributed by atoms with van der Waals surface area (Å²) in [6.45, 7) is 2.47. The van der Waals surface area contributed by atoms with Gasteiger partial charge in [0.1, 0.15) is 11.6 Å². The van der Waals surface area contributed by atoms with E-state index in [9.17, 15) is 10.1 Å². The zero-order valence-corrected chi connectivity index (χ0v) is 11.3. The summed E-state index contributed by atoms with van der Waals surface area (Å²) in [7, 11) is 1.67. The van der Waals surface area contributed by atoms with Crippen LogP contribution in [-0.2, 0) is 6.54 Å². The van der Waals surface area contributed by atoms with Crippen LogP contribution in [-0.4, -0.2) is 21.9 Å². The first-order chi connectivity index (χ1) is 9.10. The van der Waals surface area contributed by atoms with Crippen LogP contribution >= 0.6 is 11.3 Å². The number of nitrogens with zero attached hydrogens (tertiary/aromatic N) is 3. The van der Waals surface area contributed by atoms with Crippen molar-refractivity contribution in [2.45, 2.75) is 13.5 Å². The molecule has 0 atom stereocenters. The van der Waals surface area contributed by atoms with Crippen molar-refractivity contribution < 1.29 is 4.92 Å². The first kappa shape index (κ1) is 13.2. The van der Waals surface area contributed by atoms with Crippen molar-refractivity contribution in [3.8, 4) is 0 Å². The van der Waals surface area contributed by atoms with Crippen LogP contribution in [0.5, 0.6) is 0 Å². The van der Waals surface area contributed by atoms with Crippen LogP contribution in [0.1, 0.15) is 10.6 Å². The van der Waals surface area contributed by atoms with Crippen LogP contribution in [0.3, 0.4) is 0 Å². The maximum atomic E-state index is 10.8. The molecular weight excluding hydrogens is 266 g/mol. The zero-order valence-electron chi connectivity index (χ0n) is 10.5. The summed E-state index contributed by atoms with van der Waals surface area (Å²) in [6, 6.07) is 2.81. The molecule has 0 aliphatic heterocycles. The van der Waals surface area contributed by atoms with E-state index in [1.165, 1.54) is 23.5 Å². The number of hydrogen-bond donors (Lipinski definition) is 2. The van der Waals surface area contributed by atoms with E-state index in [1.807, 2.05) is 6.92 Å². The zero-order chi connectivity index (χ0) is 13.8. The molecule has 0 bridgehead atoms. The molecule has 0 amide bonds. The Morgan fingerprint density at radius 3 is 2.74 bits per heavy atom. The molecule has 2 rings (SSSR count). The van der Waals surface area contributed by atoms with Crippen molar-refractivity contribution in [2.24, 2.45) is 0 Å². The molecule has 2 N–H and O–H groups in total. The smallest absolute Gasteiger partial charge is 0.276 e. The lowest BCUT2D eigenvalue weighted by atomic mass is 10.3. The predicted octanol–water partition coefficient (Wildman–Crippen LogP) is 2.41. The second kappa shape index (κ2) is 5.61. The van der Waals surface area contributed by atoms with Gasteiger partial charge in [0.25, 0.3) is 5.69 Å². The van der Waals surface area contributed by atoms with E-state index in [2.05, 4.69) is 20.6 Å². The molecule has 0 aliphatic carbocycles. The average Bonchev–Trinajstić information content (AvgIpc) is 2.81. The average molecular weight is 279 g/mol. The van der Waals surface area contributed by atoms with Crippen molar-refractivity contribution in [1.29, 1.82) is 0 Å². The summed E-state index contributed by atoms with van der Waals surface area (Å²) in [5, 5.41) is 16.7. The van der Waals surface area contributed by atoms with Gasteiger partial charge in [-0.1, -0.05) is 0 Å². The number of rotatable bonds is 5. The van der Waals surface area contributed by atoms with E-state index in [-0.39, 0.29) is 5.69 Å². The molecule has 8 heteroatoms. The van der Waals surface area contributed by atoms with Gasteiger partial charge in [-0.05, 0) is 6.92 Å². The first-order valence-corrected chi connectivity index (χ1v) is 6.45. The van der Waals surface area contributed by atoms with Crippen LogP contribution < -0.4 is 10.6 Å². The summed E-state index contributed by atoms with van der Waals surface area (Å²) in [4.78, 5) is 19.8. The Bertz CT molecular complexity index is 599. The Hall–Kier alpha value is -2.22. The van der Waals surface area contributed by atoms with E-state index in [0.717, 1.165) is 10.6 Å². The highest BCUT2D eigenvalue weighted by molar-refractivity contribution is 7.09. The van der Waals surface area contributed by atoms with Gasteiger partial charge in [0.2, 0.25) is 0 Å². The maximum Gasteiger partial charge on any atom is 0.276 e. The van der Waals surface area contributed by atoms with Crippen LogP contribution in [0.2, 0.25) is 0 Å². The quantitative estimate of drug-likeness (QED) is 0.645. The first-order valence-electron chi connectivity index (χ1n) is 5.57. The Morgan fingerprint density at radius 1 is 1.42 bits per heavy atom. The van der Waals surface area contributed by atoms with Crippen molar-refractivity contribution in [1.82, 2.24) is 9.97 Å². The van der Waals surface area contributed by atoms with Crippen molar-refractivity contribution >= 4 is 28.7 Å². The third kappa shape index (κ3) is 3.16. The van der Waals surface area contributed by atoms with Crippen molar-refractivity contribution in [3.63, 3.8) is 0 Å². The number of nitrogens with one attached hydrogen (secondary N) is 2. The molecule has 0 saturated heterocycles. The highest BCUT2D eigenvalue weighted by atomic mass is 32.1. The summed E-state index contributed by atoms with van der Waals surface area (Å²) in [5.41, 5.74) is 2.73. The monoisotopic (exact) mass is 279 g/mol. The standard InChI is InChI=1S/C11H13N5O2S/c1-7-9(19-6-14-7)5-13-11-4-8(16(17)18)3-10(12-2)15-11/h3-4,6H,5H2,1-2H3,(H2,12,13,15). The molecule has 19 heavy (non-hydrogen) atoms. The predicted molar refractivity (Wildman–Crippen MR) is 74.6 cm³/mol. The van der Waals surface area contributed by atoms with Gasteiger partial charge >= 0.3 is 0 Å². The van der Waals surface area contributed by atoms with Gasteiger partial charge < -0.3 is 10.6 Å². The van der Waals surface area contributed by atoms with Crippen LogP contribution in [0, 0.1) is 17.0 Å². The molecule has 0 radical (unpaired) electrons. The molecule has 100 valence electrons. The third-order valence-electron chi connectivity index (χ3n) is 2.55. The number of aromatic nitrogens is 2. The van der Waals surface area contributed by atoms with Gasteiger partial charge in [0, 0.05) is 11.9 Å². The Balaban J connectivity index is 2.17. The third-order valence-corrected chi connectivity index (χ3v) is 3.49. The van der Waals surface area contributed by atoms with E-state index in [4.69, 9.17) is 0 Å². The minimum atomic E-state index is -0.439. The van der Waals surface area contributed by atoms with Gasteiger partial charge in [-0.3, -0.25) is 10.1 Å². The highest BCUT2D eigenvalue weighted by Crippen LogP contribution is 2.21. The van der Waals surface area contributed by atoms with Gasteiger partial charge in [0.15, 0.2) is 0 Å². The van der Waals surface area contributed by atoms with Crippen molar-refractivity contribution in [3.05, 3.63) is 38.3 Å². The molecule has 0 aromatic carbocycles. The molecule has 0 spiro atoms. The highest BCUT2D eigenvalue weighted by Gasteiger charge is 2.11. The summed E-state index contributed by atoms with van der Waals surface area (Å²) in [5.74, 6) is 0.920. The van der Waals surface area contributed by atoms with Gasteiger partial charge in [-0.25, -0.2) is 9.97 Å². The summed E-state index contributed by atoms with van der Waals surface area (Å²) < 4.78 is 0. The molecule has 2 aromatic rings. The SMILES string of the molecule is CNc1cc([N+](=O)[O-])cc(NCc2scnc2C)n1. The lowest BCUT2D eigenvalue weighted by molar-refractivity contribution is -0.384. The minimum absolute atomic E-state index is 0.00266. The molecule has 0 saturated carbocycles. The second-order valence-electron chi connectivity index (χ2n) is 3.82. The Morgan fingerprint density at radius 2 is 2.16 bits per heavy atom. The minimum Gasteiger partial charge on any atom is -0.373 e. The molecule has 7 nitrogen and oxygen atoms in total. The number of aryl methyl sites for hydroxylation is 1. The van der Waals surface area contributed by atoms with Crippen LogP contribution in [0.4, 0.5) is 17.3 Å². The Kier molecular flexibility index (Phi) is 3.91. The molecular formula is C11H13N5O2S. The maximum absolute atomic E-state index is 10.8. The lowest BCUT2D eigenvalue weighted by Crippen LogP contribution is -2.04. The van der Waals surface area contributed by atoms with Crippen LogP contribution in [0.25, 0.3) is 0 Å². The molecule has 0 fully saturated rings. The summed E-state index contributed by atoms with van der Waals surface area (Å²) in [6.07, 6.45) is 0. The normalized spacial score (nSPS) is 10.2. The van der Waals surface area contributed by atoms with E-state index in [0.29, 0.717) is 18.2 Å². The van der Waals surface area contributed by atoms with Gasteiger partial charge in [0.05, 0.1) is 34.8 Å². The fraction of sp³-hybridized carbons (Fsp3) is 0.273. The molecule has 0 unspecified atom stereocenters. The number of thiazole rings is 1. The van der Waals surface area contributed by atoms with Gasteiger partial charge in [-0.2, -0.15) is 0 Å². The van der Waals surface area contributed by atoms with Gasteiger partial charge in [-0.15, -0.1) is 11.3 Å². The largest absolute Gasteiger partial charge is 0.373 e. The topological polar surface area (TPSA) is 93.0 Å². The number of pyridine rings is 1. The van der Waals surface area contributed by atoms with E-state index >= 15 is 0 Å². The van der Waals surface area contributed by atoms with Crippen LogP contribution in [0.15, 0.2) is 17.6 Å². The fourth-order valence-electron chi connectivity index (χ4n) is 1.51. The number of hydrogen-bond acceptors (Lipinski definition) is 7. The lowest BCUT2D eigenvalue weighted by Gasteiger charge is -2.07. The summed E-state index contributed by atoms with van der Waals surface area (Å²) >= 11 is 1.54. The van der Waals surface area contributed by atoms with E-state index in [1.54, 1.807) is 12.6 Å². The Labute approximate surface area is 113 Å². The molecule has 2 aromatic heterocycles. The van der Waals surface area contributed by atoms with E-state index < -0.39 is 4.92 Å². The fourth-order valence-corrected chi connectivity index (χ4v) is 2.22. The van der Waals surface area contributed by atoms with Crippen molar-refractivity contribution in [2.75, 3.05) is 17.7 Å². The molecule has 0 aliphatic rings. The second-order valence-corrected chi connectivity index (χ2v) is 4.76. The number of anilines is 2. The molecule has 2 heterocycles. The number of nitro groups is 1.